The van der Waals surface area contributed by atoms with Gasteiger partial charge in [0.1, 0.15) is 5.75 Å². The highest BCUT2D eigenvalue weighted by Gasteiger charge is 2.04. The van der Waals surface area contributed by atoms with Crippen molar-refractivity contribution in [2.45, 2.75) is 51.3 Å². The van der Waals surface area contributed by atoms with Crippen molar-refractivity contribution < 1.29 is 4.74 Å². The summed E-state index contributed by atoms with van der Waals surface area (Å²) < 4.78 is 5.72. The van der Waals surface area contributed by atoms with Gasteiger partial charge in [-0.05, 0) is 37.0 Å². The molecule has 0 aliphatic heterocycles. The van der Waals surface area contributed by atoms with Crippen LogP contribution in [0.3, 0.4) is 0 Å². The Hall–Kier alpha value is -0.690. The van der Waals surface area contributed by atoms with Crippen LogP contribution >= 0.6 is 11.6 Å². The van der Waals surface area contributed by atoms with Crippen LogP contribution in [-0.4, -0.2) is 12.0 Å². The summed E-state index contributed by atoms with van der Waals surface area (Å²) in [5.41, 5.74) is 1.26. The highest BCUT2D eigenvalue weighted by Crippen LogP contribution is 2.17. The Bertz CT molecular complexity index is 312. The van der Waals surface area contributed by atoms with Crippen LogP contribution in [-0.2, 0) is 6.42 Å². The first-order valence-electron chi connectivity index (χ1n) is 6.62. The summed E-state index contributed by atoms with van der Waals surface area (Å²) in [4.78, 5) is 0. The summed E-state index contributed by atoms with van der Waals surface area (Å²) in [5, 5.41) is 0.227. The van der Waals surface area contributed by atoms with Gasteiger partial charge in [0.15, 0.2) is 0 Å². The topological polar surface area (TPSA) is 9.23 Å². The van der Waals surface area contributed by atoms with E-state index in [0.29, 0.717) is 0 Å². The minimum atomic E-state index is 0.227. The fraction of sp³-hybridized carbons (Fsp3) is 0.600. The van der Waals surface area contributed by atoms with Gasteiger partial charge in [0, 0.05) is 5.38 Å². The van der Waals surface area contributed by atoms with Crippen molar-refractivity contribution in [1.82, 2.24) is 0 Å². The Morgan fingerprint density at radius 2 is 2.06 bits per heavy atom. The molecule has 0 spiro atoms. The maximum absolute atomic E-state index is 6.16. The second kappa shape index (κ2) is 8.41. The molecule has 0 amide bonds. The van der Waals surface area contributed by atoms with Gasteiger partial charge in [0.2, 0.25) is 0 Å². The quantitative estimate of drug-likeness (QED) is 0.478. The maximum Gasteiger partial charge on any atom is 0.119 e. The van der Waals surface area contributed by atoms with Crippen LogP contribution in [0.2, 0.25) is 0 Å². The number of hydrogen-bond acceptors (Lipinski definition) is 1. The van der Waals surface area contributed by atoms with E-state index in [-0.39, 0.29) is 5.38 Å². The first-order valence-corrected chi connectivity index (χ1v) is 7.05. The molecule has 0 radical (unpaired) electrons. The average Bonchev–Trinajstić information content (AvgIpc) is 2.35. The van der Waals surface area contributed by atoms with E-state index in [4.69, 9.17) is 16.3 Å². The molecule has 1 atom stereocenters. The summed E-state index contributed by atoms with van der Waals surface area (Å²) in [6.07, 6.45) is 5.52. The normalized spacial score (nSPS) is 12.4. The van der Waals surface area contributed by atoms with E-state index in [2.05, 4.69) is 26.0 Å². The molecule has 0 fully saturated rings. The van der Waals surface area contributed by atoms with Gasteiger partial charge in [0.25, 0.3) is 0 Å². The average molecular weight is 255 g/mol. The molecular weight excluding hydrogens is 232 g/mol. The summed E-state index contributed by atoms with van der Waals surface area (Å²) in [7, 11) is 0. The maximum atomic E-state index is 6.16. The lowest BCUT2D eigenvalue weighted by atomic mass is 10.1. The van der Waals surface area contributed by atoms with Gasteiger partial charge in [-0.25, -0.2) is 0 Å². The molecule has 1 aromatic rings. The smallest absolute Gasteiger partial charge is 0.119 e. The number of benzene rings is 1. The van der Waals surface area contributed by atoms with Gasteiger partial charge in [0.05, 0.1) is 6.61 Å². The van der Waals surface area contributed by atoms with E-state index in [1.54, 1.807) is 0 Å². The lowest BCUT2D eigenvalue weighted by molar-refractivity contribution is 0.306. The fourth-order valence-electron chi connectivity index (χ4n) is 1.70. The van der Waals surface area contributed by atoms with Crippen molar-refractivity contribution in [3.63, 3.8) is 0 Å². The standard InChI is InChI=1S/C15H23ClO/c1-3-5-6-10-17-15-9-7-8-13(12-15)11-14(16)4-2/h7-9,12,14H,3-6,10-11H2,1-2H3. The second-order valence-electron chi connectivity index (χ2n) is 4.41. The molecule has 1 aromatic carbocycles. The molecule has 17 heavy (non-hydrogen) atoms. The zero-order valence-corrected chi connectivity index (χ0v) is 11.7. The van der Waals surface area contributed by atoms with Gasteiger partial charge in [-0.2, -0.15) is 0 Å². The number of alkyl halides is 1. The molecule has 1 rings (SSSR count). The van der Waals surface area contributed by atoms with E-state index in [9.17, 15) is 0 Å². The first kappa shape index (κ1) is 14.4. The molecule has 2 heteroatoms. The highest BCUT2D eigenvalue weighted by molar-refractivity contribution is 6.20. The van der Waals surface area contributed by atoms with Crippen LogP contribution in [0.1, 0.15) is 45.1 Å². The van der Waals surface area contributed by atoms with Crippen LogP contribution < -0.4 is 4.74 Å². The van der Waals surface area contributed by atoms with Gasteiger partial charge in [-0.15, -0.1) is 11.6 Å². The van der Waals surface area contributed by atoms with Crippen LogP contribution in [0.15, 0.2) is 24.3 Å². The van der Waals surface area contributed by atoms with Crippen LogP contribution in [0.4, 0.5) is 0 Å². The molecule has 0 saturated carbocycles. The minimum Gasteiger partial charge on any atom is -0.494 e. The van der Waals surface area contributed by atoms with Crippen LogP contribution in [0.5, 0.6) is 5.75 Å². The van der Waals surface area contributed by atoms with Crippen molar-refractivity contribution in [1.29, 1.82) is 0 Å². The number of unbranched alkanes of at least 4 members (excludes halogenated alkanes) is 2. The van der Waals surface area contributed by atoms with Gasteiger partial charge in [-0.1, -0.05) is 38.8 Å². The van der Waals surface area contributed by atoms with E-state index in [1.165, 1.54) is 18.4 Å². The lowest BCUT2D eigenvalue weighted by Crippen LogP contribution is -2.02. The Kier molecular flexibility index (Phi) is 7.11. The number of halogens is 1. The molecule has 0 bridgehead atoms. The van der Waals surface area contributed by atoms with Crippen molar-refractivity contribution in [3.8, 4) is 5.75 Å². The second-order valence-corrected chi connectivity index (χ2v) is 5.03. The van der Waals surface area contributed by atoms with E-state index >= 15 is 0 Å². The van der Waals surface area contributed by atoms with Gasteiger partial charge >= 0.3 is 0 Å². The zero-order valence-electron chi connectivity index (χ0n) is 10.9. The Labute approximate surface area is 110 Å². The van der Waals surface area contributed by atoms with Crippen molar-refractivity contribution in [3.05, 3.63) is 29.8 Å². The van der Waals surface area contributed by atoms with Gasteiger partial charge < -0.3 is 4.74 Å². The molecule has 0 aliphatic carbocycles. The SMILES string of the molecule is CCCCCOc1cccc(CC(Cl)CC)c1. The molecule has 96 valence electrons. The molecule has 0 saturated heterocycles. The Balaban J connectivity index is 2.42. The van der Waals surface area contributed by atoms with E-state index < -0.39 is 0 Å². The van der Waals surface area contributed by atoms with Crippen LogP contribution in [0, 0.1) is 0 Å². The number of rotatable bonds is 8. The third-order valence-corrected chi connectivity index (χ3v) is 3.28. The summed E-state index contributed by atoms with van der Waals surface area (Å²) in [5.74, 6) is 0.971. The number of ether oxygens (including phenoxy) is 1. The van der Waals surface area contributed by atoms with Crippen molar-refractivity contribution >= 4 is 11.6 Å². The minimum absolute atomic E-state index is 0.227. The first-order chi connectivity index (χ1) is 8.26. The predicted molar refractivity (Wildman–Crippen MR) is 75.1 cm³/mol. The molecule has 0 heterocycles. The third-order valence-electron chi connectivity index (χ3n) is 2.82. The van der Waals surface area contributed by atoms with Crippen molar-refractivity contribution in [2.75, 3.05) is 6.61 Å². The van der Waals surface area contributed by atoms with E-state index in [0.717, 1.165) is 31.6 Å². The van der Waals surface area contributed by atoms with Crippen LogP contribution in [0.25, 0.3) is 0 Å². The zero-order chi connectivity index (χ0) is 12.5. The lowest BCUT2D eigenvalue weighted by Gasteiger charge is -2.09. The summed E-state index contributed by atoms with van der Waals surface area (Å²) >= 11 is 6.16. The number of hydrogen-bond donors (Lipinski definition) is 0. The molecule has 1 unspecified atom stereocenters. The summed E-state index contributed by atoms with van der Waals surface area (Å²) in [6.45, 7) is 5.13. The third kappa shape index (κ3) is 5.97. The Morgan fingerprint density at radius 3 is 2.76 bits per heavy atom. The molecule has 1 nitrogen and oxygen atoms in total. The largest absolute Gasteiger partial charge is 0.494 e. The molecular formula is C15H23ClO. The monoisotopic (exact) mass is 254 g/mol. The molecule has 0 aliphatic rings. The Morgan fingerprint density at radius 1 is 1.24 bits per heavy atom. The molecule has 0 aromatic heterocycles. The van der Waals surface area contributed by atoms with E-state index in [1.807, 2.05) is 12.1 Å². The molecule has 0 N–H and O–H groups in total. The predicted octanol–water partition coefficient (Wildman–Crippen LogP) is 4.82. The highest BCUT2D eigenvalue weighted by atomic mass is 35.5. The fourth-order valence-corrected chi connectivity index (χ4v) is 1.88. The summed E-state index contributed by atoms with van der Waals surface area (Å²) in [6, 6.07) is 8.29. The van der Waals surface area contributed by atoms with Gasteiger partial charge in [-0.3, -0.25) is 0 Å². The van der Waals surface area contributed by atoms with Crippen molar-refractivity contribution in [2.24, 2.45) is 0 Å².